The van der Waals surface area contributed by atoms with Crippen molar-refractivity contribution >= 4 is 23.2 Å². The Morgan fingerprint density at radius 1 is 0.852 bits per heavy atom. The Hall–Kier alpha value is -2.07. The van der Waals surface area contributed by atoms with Crippen LogP contribution in [0.5, 0.6) is 5.75 Å². The molecular formula is C22H20Cl2FNO. The second-order valence-electron chi connectivity index (χ2n) is 6.20. The van der Waals surface area contributed by atoms with Gasteiger partial charge in [-0.3, -0.25) is 0 Å². The zero-order valence-corrected chi connectivity index (χ0v) is 16.2. The summed E-state index contributed by atoms with van der Waals surface area (Å²) < 4.78 is 19.4. The summed E-state index contributed by atoms with van der Waals surface area (Å²) in [5, 5.41) is 4.39. The van der Waals surface area contributed by atoms with Crippen molar-refractivity contribution in [1.29, 1.82) is 0 Å². The number of nitrogens with one attached hydrogen (secondary N) is 1. The van der Waals surface area contributed by atoms with Crippen molar-refractivity contribution in [1.82, 2.24) is 5.32 Å². The molecule has 0 spiro atoms. The average molecular weight is 404 g/mol. The largest absolute Gasteiger partial charge is 0.489 e. The number of halogens is 3. The molecule has 3 rings (SSSR count). The molecule has 3 aromatic rings. The van der Waals surface area contributed by atoms with Gasteiger partial charge < -0.3 is 10.1 Å². The summed E-state index contributed by atoms with van der Waals surface area (Å²) in [6.07, 6.45) is 0.653. The highest BCUT2D eigenvalue weighted by atomic mass is 35.5. The van der Waals surface area contributed by atoms with Crippen LogP contribution in [0.2, 0.25) is 10.0 Å². The first kappa shape index (κ1) is 19.7. The molecule has 0 aliphatic carbocycles. The highest BCUT2D eigenvalue weighted by Crippen LogP contribution is 2.23. The van der Waals surface area contributed by atoms with Crippen LogP contribution in [0.4, 0.5) is 4.39 Å². The lowest BCUT2D eigenvalue weighted by atomic mass is 10.1. The molecule has 27 heavy (non-hydrogen) atoms. The van der Waals surface area contributed by atoms with Crippen molar-refractivity contribution in [2.45, 2.75) is 19.6 Å². The first-order valence-electron chi connectivity index (χ1n) is 8.71. The average Bonchev–Trinajstić information content (AvgIpc) is 2.68. The molecule has 1 N–H and O–H groups in total. The van der Waals surface area contributed by atoms with E-state index in [0.717, 1.165) is 22.4 Å². The highest BCUT2D eigenvalue weighted by Gasteiger charge is 2.03. The minimum Gasteiger partial charge on any atom is -0.489 e. The summed E-state index contributed by atoms with van der Waals surface area (Å²) in [4.78, 5) is 0. The monoisotopic (exact) mass is 403 g/mol. The summed E-state index contributed by atoms with van der Waals surface area (Å²) in [6.45, 7) is 1.81. The van der Waals surface area contributed by atoms with E-state index in [0.29, 0.717) is 36.2 Å². The maximum absolute atomic E-state index is 13.6. The molecular weight excluding hydrogens is 384 g/mol. The minimum atomic E-state index is -0.156. The van der Waals surface area contributed by atoms with Crippen LogP contribution in [0.25, 0.3) is 0 Å². The van der Waals surface area contributed by atoms with Crippen LogP contribution >= 0.6 is 23.2 Å². The highest BCUT2D eigenvalue weighted by molar-refractivity contribution is 6.42. The molecule has 0 saturated carbocycles. The van der Waals surface area contributed by atoms with Gasteiger partial charge in [-0.25, -0.2) is 4.39 Å². The van der Waals surface area contributed by atoms with Crippen LogP contribution in [0, 0.1) is 5.82 Å². The van der Waals surface area contributed by atoms with Crippen LogP contribution in [-0.2, 0) is 19.6 Å². The van der Waals surface area contributed by atoms with Crippen LogP contribution in [0.15, 0.2) is 66.7 Å². The van der Waals surface area contributed by atoms with Gasteiger partial charge in [0, 0.05) is 6.54 Å². The Morgan fingerprint density at radius 2 is 1.70 bits per heavy atom. The zero-order chi connectivity index (χ0) is 19.1. The predicted molar refractivity (Wildman–Crippen MR) is 109 cm³/mol. The second kappa shape index (κ2) is 9.75. The number of ether oxygens (including phenoxy) is 1. The van der Waals surface area contributed by atoms with E-state index in [1.807, 2.05) is 42.5 Å². The molecule has 0 saturated heterocycles. The van der Waals surface area contributed by atoms with Crippen molar-refractivity contribution in [3.63, 3.8) is 0 Å². The molecule has 140 valence electrons. The Balaban J connectivity index is 1.48. The first-order valence-corrected chi connectivity index (χ1v) is 9.47. The normalized spacial score (nSPS) is 10.8. The van der Waals surface area contributed by atoms with Gasteiger partial charge in [0.1, 0.15) is 18.2 Å². The SMILES string of the molecule is Fc1ccccc1CCNCc1cccc(OCc2ccc(Cl)c(Cl)c2)c1. The van der Waals surface area contributed by atoms with Crippen molar-refractivity contribution in [2.75, 3.05) is 6.54 Å². The lowest BCUT2D eigenvalue weighted by molar-refractivity contribution is 0.306. The molecule has 0 unspecified atom stereocenters. The van der Waals surface area contributed by atoms with Crippen LogP contribution in [0.3, 0.4) is 0 Å². The van der Waals surface area contributed by atoms with E-state index < -0.39 is 0 Å². The molecule has 5 heteroatoms. The van der Waals surface area contributed by atoms with E-state index in [2.05, 4.69) is 5.32 Å². The minimum absolute atomic E-state index is 0.156. The van der Waals surface area contributed by atoms with Crippen molar-refractivity contribution in [2.24, 2.45) is 0 Å². The molecule has 0 aromatic heterocycles. The molecule has 0 bridgehead atoms. The summed E-state index contributed by atoms with van der Waals surface area (Å²) >= 11 is 12.0. The summed E-state index contributed by atoms with van der Waals surface area (Å²) in [6, 6.07) is 20.2. The molecule has 0 radical (unpaired) electrons. The van der Waals surface area contributed by atoms with Crippen LogP contribution in [0.1, 0.15) is 16.7 Å². The van der Waals surface area contributed by atoms with Crippen molar-refractivity contribution in [3.8, 4) is 5.75 Å². The molecule has 0 amide bonds. The second-order valence-corrected chi connectivity index (χ2v) is 7.02. The lowest BCUT2D eigenvalue weighted by Crippen LogP contribution is -2.17. The van der Waals surface area contributed by atoms with Gasteiger partial charge in [-0.2, -0.15) is 0 Å². The fourth-order valence-corrected chi connectivity index (χ4v) is 3.02. The molecule has 0 fully saturated rings. The van der Waals surface area contributed by atoms with Gasteiger partial charge in [0.15, 0.2) is 0 Å². The van der Waals surface area contributed by atoms with Gasteiger partial charge in [0.05, 0.1) is 10.0 Å². The van der Waals surface area contributed by atoms with Gasteiger partial charge in [-0.05, 0) is 60.0 Å². The number of hydrogen-bond acceptors (Lipinski definition) is 2. The van der Waals surface area contributed by atoms with E-state index in [9.17, 15) is 4.39 Å². The zero-order valence-electron chi connectivity index (χ0n) is 14.7. The number of benzene rings is 3. The summed E-state index contributed by atoms with van der Waals surface area (Å²) in [7, 11) is 0. The maximum Gasteiger partial charge on any atom is 0.126 e. The van der Waals surface area contributed by atoms with Gasteiger partial charge in [-0.1, -0.05) is 59.6 Å². The Bertz CT molecular complexity index is 901. The molecule has 3 aromatic carbocycles. The third kappa shape index (κ3) is 5.96. The lowest BCUT2D eigenvalue weighted by Gasteiger charge is -2.10. The third-order valence-corrected chi connectivity index (χ3v) is 4.89. The topological polar surface area (TPSA) is 21.3 Å². The molecule has 0 aliphatic rings. The number of hydrogen-bond donors (Lipinski definition) is 1. The summed E-state index contributed by atoms with van der Waals surface area (Å²) in [5.74, 6) is 0.631. The smallest absolute Gasteiger partial charge is 0.126 e. The fraction of sp³-hybridized carbons (Fsp3) is 0.182. The standard InChI is InChI=1S/C22H20Cl2FNO/c23-20-9-8-17(13-21(20)24)15-27-19-6-3-4-16(12-19)14-26-11-10-18-5-1-2-7-22(18)25/h1-9,12-13,26H,10-11,14-15H2. The van der Waals surface area contributed by atoms with E-state index >= 15 is 0 Å². The van der Waals surface area contributed by atoms with Gasteiger partial charge in [0.2, 0.25) is 0 Å². The molecule has 0 atom stereocenters. The molecule has 2 nitrogen and oxygen atoms in total. The van der Waals surface area contributed by atoms with Gasteiger partial charge >= 0.3 is 0 Å². The Labute approximate surface area is 168 Å². The number of rotatable bonds is 8. The quantitative estimate of drug-likeness (QED) is 0.462. The third-order valence-electron chi connectivity index (χ3n) is 4.15. The van der Waals surface area contributed by atoms with Crippen molar-refractivity contribution in [3.05, 3.63) is 99.3 Å². The molecule has 0 heterocycles. The van der Waals surface area contributed by atoms with Gasteiger partial charge in [-0.15, -0.1) is 0 Å². The van der Waals surface area contributed by atoms with E-state index in [4.69, 9.17) is 27.9 Å². The van der Waals surface area contributed by atoms with Crippen LogP contribution < -0.4 is 10.1 Å². The van der Waals surface area contributed by atoms with E-state index in [-0.39, 0.29) is 5.82 Å². The van der Waals surface area contributed by atoms with E-state index in [1.165, 1.54) is 6.07 Å². The van der Waals surface area contributed by atoms with E-state index in [1.54, 1.807) is 18.2 Å². The first-order chi connectivity index (χ1) is 13.1. The predicted octanol–water partition coefficient (Wildman–Crippen LogP) is 6.04. The Kier molecular flexibility index (Phi) is 7.11. The molecule has 0 aliphatic heterocycles. The van der Waals surface area contributed by atoms with Gasteiger partial charge in [0.25, 0.3) is 0 Å². The fourth-order valence-electron chi connectivity index (χ4n) is 2.70. The Morgan fingerprint density at radius 3 is 2.52 bits per heavy atom. The maximum atomic E-state index is 13.6. The summed E-state index contributed by atoms with van der Waals surface area (Å²) in [5.41, 5.74) is 2.79. The van der Waals surface area contributed by atoms with Crippen LogP contribution in [-0.4, -0.2) is 6.54 Å². The van der Waals surface area contributed by atoms with Crippen molar-refractivity contribution < 1.29 is 9.13 Å².